The van der Waals surface area contributed by atoms with Gasteiger partial charge < -0.3 is 16.0 Å². The number of carbonyl (C=O) groups is 1. The maximum atomic E-state index is 11.5. The quantitative estimate of drug-likeness (QED) is 0.823. The van der Waals surface area contributed by atoms with Crippen molar-refractivity contribution in [3.05, 3.63) is 35.4 Å². The minimum Gasteiger partial charge on any atom is -0.368 e. The summed E-state index contributed by atoms with van der Waals surface area (Å²) in [6.07, 6.45) is 5.40. The predicted octanol–water partition coefficient (Wildman–Crippen LogP) is 1.08. The molecule has 1 atom stereocenters. The van der Waals surface area contributed by atoms with Crippen molar-refractivity contribution in [3.63, 3.8) is 0 Å². The number of nitrogens with zero attached hydrogens (tertiary/aromatic N) is 1. The van der Waals surface area contributed by atoms with E-state index in [-0.39, 0.29) is 11.9 Å². The Labute approximate surface area is 126 Å². The van der Waals surface area contributed by atoms with Gasteiger partial charge in [-0.15, -0.1) is 0 Å². The van der Waals surface area contributed by atoms with Crippen molar-refractivity contribution in [3.8, 4) is 0 Å². The van der Waals surface area contributed by atoms with Gasteiger partial charge in [0.15, 0.2) is 0 Å². The maximum Gasteiger partial charge on any atom is 0.234 e. The number of amides is 1. The van der Waals surface area contributed by atoms with Crippen LogP contribution in [0.4, 0.5) is 0 Å². The van der Waals surface area contributed by atoms with E-state index in [1.54, 1.807) is 0 Å². The molecular formula is C17H25N3O. The number of nitrogens with one attached hydrogen (secondary N) is 1. The number of hydrogen-bond donors (Lipinski definition) is 2. The fraction of sp³-hybridized carbons (Fsp3) is 0.588. The van der Waals surface area contributed by atoms with E-state index in [0.717, 1.165) is 38.9 Å². The number of carbonyl (C=O) groups excluding carboxylic acids is 1. The molecule has 1 aromatic rings. The number of hydrogen-bond acceptors (Lipinski definition) is 3. The molecule has 114 valence electrons. The molecule has 1 saturated carbocycles. The largest absolute Gasteiger partial charge is 0.368 e. The van der Waals surface area contributed by atoms with E-state index in [1.807, 2.05) is 0 Å². The van der Waals surface area contributed by atoms with Gasteiger partial charge in [0.1, 0.15) is 0 Å². The summed E-state index contributed by atoms with van der Waals surface area (Å²) in [4.78, 5) is 14.0. The summed E-state index contributed by atoms with van der Waals surface area (Å²) in [6, 6.07) is 9.08. The predicted molar refractivity (Wildman–Crippen MR) is 84.0 cm³/mol. The van der Waals surface area contributed by atoms with Gasteiger partial charge in [-0.2, -0.15) is 0 Å². The standard InChI is InChI=1S/C17H25N3O/c18-17(21)16(19-15-5-6-15)9-12-20-10-7-13-3-1-2-4-14(13)8-11-20/h1-4,15-16,19H,5-12H2,(H2,18,21). The smallest absolute Gasteiger partial charge is 0.234 e. The van der Waals surface area contributed by atoms with Gasteiger partial charge >= 0.3 is 0 Å². The van der Waals surface area contributed by atoms with Crippen molar-refractivity contribution in [2.75, 3.05) is 19.6 Å². The van der Waals surface area contributed by atoms with Crippen molar-refractivity contribution < 1.29 is 4.79 Å². The zero-order valence-corrected chi connectivity index (χ0v) is 12.6. The summed E-state index contributed by atoms with van der Waals surface area (Å²) in [5, 5.41) is 3.36. The molecule has 1 fully saturated rings. The molecule has 1 unspecified atom stereocenters. The maximum absolute atomic E-state index is 11.5. The molecule has 1 aromatic carbocycles. The second-order valence-corrected chi connectivity index (χ2v) is 6.29. The summed E-state index contributed by atoms with van der Waals surface area (Å²) >= 11 is 0. The van der Waals surface area contributed by atoms with E-state index in [2.05, 4.69) is 34.5 Å². The topological polar surface area (TPSA) is 58.4 Å². The first-order valence-electron chi connectivity index (χ1n) is 8.07. The monoisotopic (exact) mass is 287 g/mol. The van der Waals surface area contributed by atoms with Crippen LogP contribution < -0.4 is 11.1 Å². The van der Waals surface area contributed by atoms with E-state index < -0.39 is 0 Å². The van der Waals surface area contributed by atoms with E-state index in [0.29, 0.717) is 6.04 Å². The van der Waals surface area contributed by atoms with Gasteiger partial charge in [-0.3, -0.25) is 4.79 Å². The van der Waals surface area contributed by atoms with Crippen LogP contribution in [0.3, 0.4) is 0 Å². The van der Waals surface area contributed by atoms with Gasteiger partial charge in [-0.25, -0.2) is 0 Å². The third kappa shape index (κ3) is 4.05. The molecule has 0 aromatic heterocycles. The van der Waals surface area contributed by atoms with Crippen LogP contribution >= 0.6 is 0 Å². The average Bonchev–Trinajstić information content (AvgIpc) is 3.30. The molecule has 21 heavy (non-hydrogen) atoms. The van der Waals surface area contributed by atoms with Crippen LogP contribution in [-0.4, -0.2) is 42.5 Å². The molecule has 1 aliphatic carbocycles. The Morgan fingerprint density at radius 3 is 2.38 bits per heavy atom. The highest BCUT2D eigenvalue weighted by atomic mass is 16.1. The first-order valence-corrected chi connectivity index (χ1v) is 8.07. The number of benzene rings is 1. The van der Waals surface area contributed by atoms with Crippen molar-refractivity contribution in [2.45, 2.75) is 44.2 Å². The molecule has 1 aliphatic heterocycles. The van der Waals surface area contributed by atoms with Gasteiger partial charge in [0, 0.05) is 25.7 Å². The number of fused-ring (bicyclic) bond motifs is 1. The van der Waals surface area contributed by atoms with E-state index in [4.69, 9.17) is 5.73 Å². The normalized spacial score (nSPS) is 20.6. The highest BCUT2D eigenvalue weighted by Crippen LogP contribution is 2.20. The summed E-state index contributed by atoms with van der Waals surface area (Å²) < 4.78 is 0. The van der Waals surface area contributed by atoms with Crippen molar-refractivity contribution in [1.82, 2.24) is 10.2 Å². The lowest BCUT2D eigenvalue weighted by molar-refractivity contribution is -0.120. The van der Waals surface area contributed by atoms with E-state index >= 15 is 0 Å². The Bertz CT molecular complexity index is 472. The lowest BCUT2D eigenvalue weighted by Crippen LogP contribution is -2.44. The average molecular weight is 287 g/mol. The number of primary amides is 1. The van der Waals surface area contributed by atoms with Gasteiger partial charge in [-0.05, 0) is 43.2 Å². The SMILES string of the molecule is NC(=O)C(CCN1CCc2ccccc2CC1)NC1CC1. The molecule has 0 radical (unpaired) electrons. The molecule has 0 bridgehead atoms. The Hall–Kier alpha value is -1.39. The van der Waals surface area contributed by atoms with Crippen LogP contribution in [0.25, 0.3) is 0 Å². The third-order valence-electron chi connectivity index (χ3n) is 4.60. The van der Waals surface area contributed by atoms with E-state index in [1.165, 1.54) is 24.0 Å². The molecule has 0 spiro atoms. The van der Waals surface area contributed by atoms with Crippen LogP contribution in [0.2, 0.25) is 0 Å². The fourth-order valence-electron chi connectivity index (χ4n) is 3.09. The zero-order valence-electron chi connectivity index (χ0n) is 12.6. The fourth-order valence-corrected chi connectivity index (χ4v) is 3.09. The van der Waals surface area contributed by atoms with Crippen LogP contribution in [0.1, 0.15) is 30.4 Å². The minimum absolute atomic E-state index is 0.164. The lowest BCUT2D eigenvalue weighted by Gasteiger charge is -2.23. The number of nitrogens with two attached hydrogens (primary N) is 1. The first-order chi connectivity index (χ1) is 10.2. The molecule has 3 rings (SSSR count). The molecule has 0 saturated heterocycles. The third-order valence-corrected chi connectivity index (χ3v) is 4.60. The van der Waals surface area contributed by atoms with Crippen LogP contribution in [0, 0.1) is 0 Å². The lowest BCUT2D eigenvalue weighted by atomic mass is 10.0. The highest BCUT2D eigenvalue weighted by Gasteiger charge is 2.27. The molecule has 1 amide bonds. The molecule has 4 nitrogen and oxygen atoms in total. The van der Waals surface area contributed by atoms with Crippen LogP contribution in [-0.2, 0) is 17.6 Å². The second-order valence-electron chi connectivity index (χ2n) is 6.29. The van der Waals surface area contributed by atoms with Crippen molar-refractivity contribution >= 4 is 5.91 Å². The molecule has 2 aliphatic rings. The minimum atomic E-state index is -0.208. The highest BCUT2D eigenvalue weighted by molar-refractivity contribution is 5.79. The zero-order chi connectivity index (χ0) is 14.7. The van der Waals surface area contributed by atoms with Crippen LogP contribution in [0.5, 0.6) is 0 Å². The van der Waals surface area contributed by atoms with E-state index in [9.17, 15) is 4.79 Å². The van der Waals surface area contributed by atoms with Gasteiger partial charge in [0.25, 0.3) is 0 Å². The Morgan fingerprint density at radius 2 is 1.86 bits per heavy atom. The molecular weight excluding hydrogens is 262 g/mol. The van der Waals surface area contributed by atoms with Gasteiger partial charge in [0.2, 0.25) is 5.91 Å². The van der Waals surface area contributed by atoms with Gasteiger partial charge in [0.05, 0.1) is 6.04 Å². The Kier molecular flexibility index (Phi) is 4.56. The molecule has 3 N–H and O–H groups in total. The number of rotatable bonds is 6. The van der Waals surface area contributed by atoms with Crippen molar-refractivity contribution in [1.29, 1.82) is 0 Å². The first kappa shape index (κ1) is 14.5. The Morgan fingerprint density at radius 1 is 1.24 bits per heavy atom. The summed E-state index contributed by atoms with van der Waals surface area (Å²) in [5.74, 6) is -0.208. The second kappa shape index (κ2) is 6.58. The summed E-state index contributed by atoms with van der Waals surface area (Å²) in [6.45, 7) is 3.10. The van der Waals surface area contributed by atoms with Crippen molar-refractivity contribution in [2.24, 2.45) is 5.73 Å². The molecule has 4 heteroatoms. The summed E-state index contributed by atoms with van der Waals surface area (Å²) in [5.41, 5.74) is 8.46. The molecule has 1 heterocycles. The van der Waals surface area contributed by atoms with Crippen LogP contribution in [0.15, 0.2) is 24.3 Å². The Balaban J connectivity index is 1.50. The summed E-state index contributed by atoms with van der Waals surface area (Å²) in [7, 11) is 0. The van der Waals surface area contributed by atoms with Gasteiger partial charge in [-0.1, -0.05) is 24.3 Å².